The van der Waals surface area contributed by atoms with Gasteiger partial charge in [0.15, 0.2) is 5.69 Å². The summed E-state index contributed by atoms with van der Waals surface area (Å²) in [6.07, 6.45) is 1.29. The van der Waals surface area contributed by atoms with Crippen LogP contribution in [0, 0.1) is 0 Å². The van der Waals surface area contributed by atoms with Gasteiger partial charge in [0.2, 0.25) is 5.89 Å². The van der Waals surface area contributed by atoms with E-state index in [4.69, 9.17) is 13.9 Å². The van der Waals surface area contributed by atoms with Crippen LogP contribution in [0.1, 0.15) is 44.1 Å². The van der Waals surface area contributed by atoms with Crippen LogP contribution in [0.2, 0.25) is 0 Å². The number of carbonyl (C=O) groups is 1. The molecule has 0 atom stereocenters. The van der Waals surface area contributed by atoms with Crippen molar-refractivity contribution in [3.63, 3.8) is 0 Å². The third-order valence-corrected chi connectivity index (χ3v) is 2.01. The van der Waals surface area contributed by atoms with Gasteiger partial charge in [-0.25, -0.2) is 9.78 Å². The summed E-state index contributed by atoms with van der Waals surface area (Å²) in [7, 11) is 0. The first kappa shape index (κ1) is 12.7. The predicted molar refractivity (Wildman–Crippen MR) is 57.1 cm³/mol. The zero-order chi connectivity index (χ0) is 12.2. The first-order valence-corrected chi connectivity index (χ1v) is 5.28. The molecule has 0 saturated carbocycles. The van der Waals surface area contributed by atoms with Crippen molar-refractivity contribution < 1.29 is 18.7 Å². The number of hydrogen-bond acceptors (Lipinski definition) is 5. The molecule has 1 heterocycles. The predicted octanol–water partition coefficient (Wildman–Crippen LogP) is 2.12. The van der Waals surface area contributed by atoms with E-state index >= 15 is 0 Å². The minimum atomic E-state index is -0.639. The number of ether oxygens (including phenoxy) is 2. The number of hydrogen-bond donors (Lipinski definition) is 0. The van der Waals surface area contributed by atoms with Crippen molar-refractivity contribution in [2.75, 3.05) is 13.2 Å². The van der Waals surface area contributed by atoms with Gasteiger partial charge in [0.25, 0.3) is 0 Å². The van der Waals surface area contributed by atoms with Crippen LogP contribution in [0.4, 0.5) is 0 Å². The van der Waals surface area contributed by atoms with Crippen molar-refractivity contribution in [1.82, 2.24) is 4.98 Å². The SMILES string of the molecule is CCOC(=O)c1coc(C(C)(C)OCC)n1. The smallest absolute Gasteiger partial charge is 0.360 e. The van der Waals surface area contributed by atoms with Crippen LogP contribution < -0.4 is 0 Å². The summed E-state index contributed by atoms with van der Waals surface area (Å²) >= 11 is 0. The van der Waals surface area contributed by atoms with Crippen LogP contribution >= 0.6 is 0 Å². The molecule has 0 unspecified atom stereocenters. The van der Waals surface area contributed by atoms with E-state index in [9.17, 15) is 4.79 Å². The minimum Gasteiger partial charge on any atom is -0.461 e. The van der Waals surface area contributed by atoms with Gasteiger partial charge in [-0.3, -0.25) is 0 Å². The lowest BCUT2D eigenvalue weighted by atomic mass is 10.1. The van der Waals surface area contributed by atoms with E-state index in [1.807, 2.05) is 20.8 Å². The van der Waals surface area contributed by atoms with Crippen LogP contribution in [0.3, 0.4) is 0 Å². The maximum Gasteiger partial charge on any atom is 0.360 e. The zero-order valence-corrected chi connectivity index (χ0v) is 10.1. The average Bonchev–Trinajstić information content (AvgIpc) is 2.67. The summed E-state index contributed by atoms with van der Waals surface area (Å²) in [5.74, 6) is -0.109. The van der Waals surface area contributed by atoms with Crippen LogP contribution in [-0.4, -0.2) is 24.2 Å². The number of rotatable bonds is 5. The number of esters is 1. The normalized spacial score (nSPS) is 11.5. The van der Waals surface area contributed by atoms with Crippen molar-refractivity contribution in [3.05, 3.63) is 17.8 Å². The molecule has 5 nitrogen and oxygen atoms in total. The van der Waals surface area contributed by atoms with Gasteiger partial charge in [0.1, 0.15) is 11.9 Å². The fourth-order valence-corrected chi connectivity index (χ4v) is 1.27. The Balaban J connectivity index is 2.82. The molecule has 0 N–H and O–H groups in total. The molecular weight excluding hydrogens is 210 g/mol. The molecule has 1 rings (SSSR count). The topological polar surface area (TPSA) is 61.6 Å². The molecule has 90 valence electrons. The molecule has 0 aliphatic carbocycles. The first-order valence-electron chi connectivity index (χ1n) is 5.28. The molecule has 16 heavy (non-hydrogen) atoms. The Kier molecular flexibility index (Phi) is 4.06. The molecule has 0 spiro atoms. The van der Waals surface area contributed by atoms with E-state index in [2.05, 4.69) is 4.98 Å². The highest BCUT2D eigenvalue weighted by Gasteiger charge is 2.28. The molecule has 0 aromatic carbocycles. The Morgan fingerprint density at radius 2 is 2.12 bits per heavy atom. The van der Waals surface area contributed by atoms with E-state index < -0.39 is 11.6 Å². The van der Waals surface area contributed by atoms with Crippen LogP contribution in [0.15, 0.2) is 10.7 Å². The highest BCUT2D eigenvalue weighted by atomic mass is 16.5. The summed E-state index contributed by atoms with van der Waals surface area (Å²) in [5.41, 5.74) is -0.468. The second-order valence-corrected chi connectivity index (χ2v) is 3.70. The third-order valence-electron chi connectivity index (χ3n) is 2.01. The van der Waals surface area contributed by atoms with Crippen molar-refractivity contribution in [2.45, 2.75) is 33.3 Å². The lowest BCUT2D eigenvalue weighted by Crippen LogP contribution is -2.22. The molecule has 0 aliphatic rings. The Labute approximate surface area is 94.8 Å². The molecule has 0 amide bonds. The monoisotopic (exact) mass is 227 g/mol. The highest BCUT2D eigenvalue weighted by Crippen LogP contribution is 2.23. The van der Waals surface area contributed by atoms with Crippen LogP contribution in [0.25, 0.3) is 0 Å². The molecule has 0 aliphatic heterocycles. The standard InChI is InChI=1S/C11H17NO4/c1-5-14-9(13)8-7-15-10(12-8)11(3,4)16-6-2/h7H,5-6H2,1-4H3. The minimum absolute atomic E-state index is 0.171. The van der Waals surface area contributed by atoms with E-state index in [-0.39, 0.29) is 5.69 Å². The summed E-state index contributed by atoms with van der Waals surface area (Å²) in [6.45, 7) is 8.15. The Morgan fingerprint density at radius 3 is 2.69 bits per heavy atom. The van der Waals surface area contributed by atoms with Gasteiger partial charge in [0.05, 0.1) is 6.61 Å². The Hall–Kier alpha value is -1.36. The number of aromatic nitrogens is 1. The second kappa shape index (κ2) is 5.12. The van der Waals surface area contributed by atoms with E-state index in [1.165, 1.54) is 6.26 Å². The lowest BCUT2D eigenvalue weighted by molar-refractivity contribution is -0.0336. The Morgan fingerprint density at radius 1 is 1.44 bits per heavy atom. The fraction of sp³-hybridized carbons (Fsp3) is 0.636. The van der Waals surface area contributed by atoms with Crippen LogP contribution in [0.5, 0.6) is 0 Å². The quantitative estimate of drug-likeness (QED) is 0.721. The second-order valence-electron chi connectivity index (χ2n) is 3.70. The van der Waals surface area contributed by atoms with Crippen molar-refractivity contribution in [1.29, 1.82) is 0 Å². The maximum absolute atomic E-state index is 11.4. The summed E-state index contributed by atoms with van der Waals surface area (Å²) in [5, 5.41) is 0. The van der Waals surface area contributed by atoms with Gasteiger partial charge in [-0.1, -0.05) is 0 Å². The highest BCUT2D eigenvalue weighted by molar-refractivity contribution is 5.86. The van der Waals surface area contributed by atoms with Gasteiger partial charge in [0, 0.05) is 6.61 Å². The van der Waals surface area contributed by atoms with Crippen molar-refractivity contribution >= 4 is 5.97 Å². The zero-order valence-electron chi connectivity index (χ0n) is 10.1. The van der Waals surface area contributed by atoms with E-state index in [0.717, 1.165) is 0 Å². The molecule has 0 bridgehead atoms. The summed E-state index contributed by atoms with van der Waals surface area (Å²) in [4.78, 5) is 15.4. The molecule has 1 aromatic rings. The van der Waals surface area contributed by atoms with Gasteiger partial charge in [-0.05, 0) is 27.7 Å². The average molecular weight is 227 g/mol. The summed E-state index contributed by atoms with van der Waals surface area (Å²) < 4.78 is 15.5. The Bertz CT molecular complexity index is 357. The van der Waals surface area contributed by atoms with E-state index in [1.54, 1.807) is 6.92 Å². The number of nitrogens with zero attached hydrogens (tertiary/aromatic N) is 1. The number of oxazole rings is 1. The fourth-order valence-electron chi connectivity index (χ4n) is 1.27. The first-order chi connectivity index (χ1) is 7.51. The van der Waals surface area contributed by atoms with E-state index in [0.29, 0.717) is 19.1 Å². The molecule has 5 heteroatoms. The van der Waals surface area contributed by atoms with Crippen molar-refractivity contribution in [2.24, 2.45) is 0 Å². The van der Waals surface area contributed by atoms with Gasteiger partial charge >= 0.3 is 5.97 Å². The van der Waals surface area contributed by atoms with Gasteiger partial charge < -0.3 is 13.9 Å². The molecule has 1 aromatic heterocycles. The molecule has 0 fully saturated rings. The molecular formula is C11H17NO4. The lowest BCUT2D eigenvalue weighted by Gasteiger charge is -2.20. The third kappa shape index (κ3) is 2.82. The number of carbonyl (C=O) groups excluding carboxylic acids is 1. The van der Waals surface area contributed by atoms with Crippen molar-refractivity contribution in [3.8, 4) is 0 Å². The maximum atomic E-state index is 11.4. The van der Waals surface area contributed by atoms with Gasteiger partial charge in [-0.15, -0.1) is 0 Å². The molecule has 0 saturated heterocycles. The van der Waals surface area contributed by atoms with Crippen LogP contribution in [-0.2, 0) is 15.1 Å². The largest absolute Gasteiger partial charge is 0.461 e. The summed E-state index contributed by atoms with van der Waals surface area (Å²) in [6, 6.07) is 0. The van der Waals surface area contributed by atoms with Gasteiger partial charge in [-0.2, -0.15) is 0 Å². The molecule has 0 radical (unpaired) electrons.